The highest BCUT2D eigenvalue weighted by Gasteiger charge is 2.27. The fraction of sp³-hybridized carbons (Fsp3) is 0.556. The molecule has 2 aromatic rings. The molecule has 0 radical (unpaired) electrons. The second-order valence-electron chi connectivity index (χ2n) is 7.17. The maximum Gasteiger partial charge on any atom is 0.280 e. The zero-order chi connectivity index (χ0) is 18.8. The van der Waals surface area contributed by atoms with Crippen LogP contribution in [0.4, 0.5) is 5.82 Å². The van der Waals surface area contributed by atoms with Crippen molar-refractivity contribution in [1.29, 1.82) is 0 Å². The van der Waals surface area contributed by atoms with Crippen LogP contribution in [0.15, 0.2) is 12.1 Å². The summed E-state index contributed by atoms with van der Waals surface area (Å²) in [7, 11) is 0. The number of anilines is 1. The van der Waals surface area contributed by atoms with Crippen LogP contribution in [0.2, 0.25) is 0 Å². The summed E-state index contributed by atoms with van der Waals surface area (Å²) in [6.07, 6.45) is 0.330. The lowest BCUT2D eigenvalue weighted by Crippen LogP contribution is -3.16. The second kappa shape index (κ2) is 7.51. The number of hydrogen-bond acceptors (Lipinski definition) is 5. The lowest BCUT2D eigenvalue weighted by Gasteiger charge is -2.31. The van der Waals surface area contributed by atoms with Crippen molar-refractivity contribution in [3.05, 3.63) is 29.2 Å². The summed E-state index contributed by atoms with van der Waals surface area (Å²) in [5, 5.41) is 7.40. The Hall–Kier alpha value is -2.32. The Bertz CT molecular complexity index is 773. The molecular formula is C18H27N6O2+. The Labute approximate surface area is 153 Å². The van der Waals surface area contributed by atoms with E-state index in [1.807, 2.05) is 46.8 Å². The number of morpholine rings is 1. The third kappa shape index (κ3) is 4.44. The number of rotatable bonds is 4. The van der Waals surface area contributed by atoms with Crippen molar-refractivity contribution in [2.45, 2.75) is 46.8 Å². The van der Waals surface area contributed by atoms with Gasteiger partial charge in [0.1, 0.15) is 31.1 Å². The Kier molecular flexibility index (Phi) is 5.33. The number of ether oxygens (including phenoxy) is 1. The van der Waals surface area contributed by atoms with E-state index in [1.165, 1.54) is 4.90 Å². The topological polar surface area (TPSA) is 86.4 Å². The maximum atomic E-state index is 12.6. The molecule has 0 spiro atoms. The quantitative estimate of drug-likeness (QED) is 0.816. The molecule has 8 nitrogen and oxygen atoms in total. The monoisotopic (exact) mass is 359 g/mol. The van der Waals surface area contributed by atoms with Crippen LogP contribution in [0.3, 0.4) is 0 Å². The van der Waals surface area contributed by atoms with Crippen molar-refractivity contribution in [2.24, 2.45) is 0 Å². The van der Waals surface area contributed by atoms with Gasteiger partial charge in [0.2, 0.25) is 0 Å². The molecule has 2 atom stereocenters. The number of carbonyl (C=O) groups excluding carboxylic acids is 1. The summed E-state index contributed by atoms with van der Waals surface area (Å²) < 4.78 is 7.33. The molecule has 1 fully saturated rings. The van der Waals surface area contributed by atoms with E-state index in [2.05, 4.69) is 20.4 Å². The van der Waals surface area contributed by atoms with E-state index in [4.69, 9.17) is 4.74 Å². The van der Waals surface area contributed by atoms with Gasteiger partial charge in [-0.15, -0.1) is 0 Å². The molecule has 1 aliphatic rings. The zero-order valence-electron chi connectivity index (χ0n) is 16.0. The van der Waals surface area contributed by atoms with E-state index in [9.17, 15) is 4.79 Å². The van der Waals surface area contributed by atoms with Gasteiger partial charge in [-0.05, 0) is 40.7 Å². The van der Waals surface area contributed by atoms with Gasteiger partial charge in [-0.3, -0.25) is 4.79 Å². The minimum Gasteiger partial charge on any atom is -0.364 e. The lowest BCUT2D eigenvalue weighted by molar-refractivity contribution is -0.907. The molecule has 0 saturated carbocycles. The molecular weight excluding hydrogens is 332 g/mol. The molecule has 3 heterocycles. The molecule has 1 amide bonds. The van der Waals surface area contributed by atoms with Crippen molar-refractivity contribution >= 4 is 11.7 Å². The summed E-state index contributed by atoms with van der Waals surface area (Å²) >= 11 is 0. The van der Waals surface area contributed by atoms with Gasteiger partial charge >= 0.3 is 0 Å². The van der Waals surface area contributed by atoms with Crippen LogP contribution in [0.5, 0.6) is 0 Å². The van der Waals surface area contributed by atoms with Gasteiger partial charge in [0.05, 0.1) is 5.69 Å². The first kappa shape index (κ1) is 18.5. The minimum atomic E-state index is -0.0492. The van der Waals surface area contributed by atoms with E-state index >= 15 is 0 Å². The molecule has 1 saturated heterocycles. The van der Waals surface area contributed by atoms with Gasteiger partial charge < -0.3 is 15.0 Å². The van der Waals surface area contributed by atoms with E-state index in [0.29, 0.717) is 18.3 Å². The van der Waals surface area contributed by atoms with Crippen molar-refractivity contribution in [3.8, 4) is 5.95 Å². The molecule has 26 heavy (non-hydrogen) atoms. The highest BCUT2D eigenvalue weighted by atomic mass is 16.5. The van der Waals surface area contributed by atoms with Gasteiger partial charge in [-0.1, -0.05) is 0 Å². The lowest BCUT2D eigenvalue weighted by atomic mass is 10.2. The number of hydrogen-bond donors (Lipinski definition) is 2. The summed E-state index contributed by atoms with van der Waals surface area (Å²) in [5.74, 6) is 1.00. The Balaban J connectivity index is 1.75. The first-order chi connectivity index (χ1) is 12.3. The van der Waals surface area contributed by atoms with Gasteiger partial charge in [-0.25, -0.2) is 9.97 Å². The minimum absolute atomic E-state index is 0.0492. The third-order valence-electron chi connectivity index (χ3n) is 4.29. The number of aryl methyl sites for hydroxylation is 3. The van der Waals surface area contributed by atoms with Crippen LogP contribution < -0.4 is 10.2 Å². The van der Waals surface area contributed by atoms with E-state index < -0.39 is 0 Å². The van der Waals surface area contributed by atoms with Crippen LogP contribution in [0.1, 0.15) is 30.9 Å². The van der Waals surface area contributed by atoms with Crippen LogP contribution in [-0.4, -0.2) is 57.5 Å². The number of nitrogens with zero attached hydrogens (tertiary/aromatic N) is 4. The molecule has 140 valence electrons. The summed E-state index contributed by atoms with van der Waals surface area (Å²) in [4.78, 5) is 22.7. The number of amides is 1. The highest BCUT2D eigenvalue weighted by molar-refractivity contribution is 5.90. The van der Waals surface area contributed by atoms with Crippen LogP contribution >= 0.6 is 0 Å². The smallest absolute Gasteiger partial charge is 0.280 e. The first-order valence-electron chi connectivity index (χ1n) is 8.98. The standard InChI is InChI=1S/C18H26N6O2/c1-11-6-12(2)20-18(19-11)24-16(7-13(3)22-24)21-17(25)10-23-8-14(4)26-15(5)9-23/h6-7,14-15H,8-10H2,1-5H3,(H,21,25)/p+1/t14-,15-/m0/s1. The van der Waals surface area contributed by atoms with E-state index in [-0.39, 0.29) is 18.1 Å². The summed E-state index contributed by atoms with van der Waals surface area (Å²) in [5.41, 5.74) is 2.52. The van der Waals surface area contributed by atoms with Gasteiger partial charge in [0, 0.05) is 17.5 Å². The molecule has 1 aliphatic heterocycles. The molecule has 0 aromatic carbocycles. The Morgan fingerprint density at radius 1 is 1.15 bits per heavy atom. The molecule has 8 heteroatoms. The first-order valence-corrected chi connectivity index (χ1v) is 8.98. The number of nitrogens with one attached hydrogen (secondary N) is 2. The molecule has 0 aliphatic carbocycles. The fourth-order valence-electron chi connectivity index (χ4n) is 3.49. The molecule has 3 rings (SSSR count). The van der Waals surface area contributed by atoms with Crippen molar-refractivity contribution < 1.29 is 14.4 Å². The van der Waals surface area contributed by atoms with Crippen molar-refractivity contribution in [1.82, 2.24) is 19.7 Å². The van der Waals surface area contributed by atoms with Gasteiger partial charge in [0.25, 0.3) is 11.9 Å². The van der Waals surface area contributed by atoms with Crippen molar-refractivity contribution in [3.63, 3.8) is 0 Å². The van der Waals surface area contributed by atoms with E-state index in [0.717, 1.165) is 30.2 Å². The number of quaternary nitrogens is 1. The second-order valence-corrected chi connectivity index (χ2v) is 7.17. The average molecular weight is 359 g/mol. The molecule has 2 N–H and O–H groups in total. The largest absolute Gasteiger partial charge is 0.364 e. The maximum absolute atomic E-state index is 12.6. The predicted octanol–water partition coefficient (Wildman–Crippen LogP) is 0.218. The SMILES string of the molecule is Cc1cc(C)nc(-n2nc(C)cc2NC(=O)C[NH+]2C[C@H](C)O[C@@H](C)C2)n1. The number of carbonyl (C=O) groups is 1. The Morgan fingerprint density at radius 2 is 1.77 bits per heavy atom. The van der Waals surface area contributed by atoms with Crippen LogP contribution in [0.25, 0.3) is 5.95 Å². The van der Waals surface area contributed by atoms with Gasteiger partial charge in [-0.2, -0.15) is 9.78 Å². The molecule has 2 aromatic heterocycles. The van der Waals surface area contributed by atoms with Gasteiger partial charge in [0.15, 0.2) is 6.54 Å². The van der Waals surface area contributed by atoms with Crippen molar-refractivity contribution in [2.75, 3.05) is 25.0 Å². The molecule has 0 unspecified atom stereocenters. The van der Waals surface area contributed by atoms with Crippen LogP contribution in [-0.2, 0) is 9.53 Å². The predicted molar refractivity (Wildman–Crippen MR) is 97.6 cm³/mol. The van der Waals surface area contributed by atoms with Crippen LogP contribution in [0, 0.1) is 20.8 Å². The zero-order valence-corrected chi connectivity index (χ0v) is 16.0. The highest BCUT2D eigenvalue weighted by Crippen LogP contribution is 2.15. The number of aromatic nitrogens is 4. The fourth-order valence-corrected chi connectivity index (χ4v) is 3.49. The summed E-state index contributed by atoms with van der Waals surface area (Å²) in [6, 6.07) is 3.74. The summed E-state index contributed by atoms with van der Waals surface area (Å²) in [6.45, 7) is 11.9. The third-order valence-corrected chi connectivity index (χ3v) is 4.29. The Morgan fingerprint density at radius 3 is 2.38 bits per heavy atom. The van der Waals surface area contributed by atoms with E-state index in [1.54, 1.807) is 4.68 Å². The normalized spacial score (nSPS) is 23.0. The molecule has 0 bridgehead atoms. The average Bonchev–Trinajstić information content (AvgIpc) is 2.85.